The van der Waals surface area contributed by atoms with Gasteiger partial charge >= 0.3 is 0 Å². The Morgan fingerprint density at radius 3 is 2.70 bits per heavy atom. The number of nitrogens with zero attached hydrogens (tertiary/aromatic N) is 3. The molecule has 0 unspecified atom stereocenters. The van der Waals surface area contributed by atoms with E-state index in [4.69, 9.17) is 21.1 Å². The van der Waals surface area contributed by atoms with Gasteiger partial charge < -0.3 is 24.3 Å². The minimum Gasteiger partial charge on any atom is -0.381 e. The zero-order valence-corrected chi connectivity index (χ0v) is 21.0. The first kappa shape index (κ1) is 25.0. The Hall–Kier alpha value is -1.29. The van der Waals surface area contributed by atoms with Gasteiger partial charge in [-0.3, -0.25) is 4.99 Å². The summed E-state index contributed by atoms with van der Waals surface area (Å²) in [5, 5.41) is 4.19. The fourth-order valence-corrected chi connectivity index (χ4v) is 3.77. The van der Waals surface area contributed by atoms with Crippen LogP contribution in [0.1, 0.15) is 29.7 Å². The van der Waals surface area contributed by atoms with Gasteiger partial charge in [0.2, 0.25) is 0 Å². The van der Waals surface area contributed by atoms with Gasteiger partial charge in [-0.1, -0.05) is 35.9 Å². The van der Waals surface area contributed by atoms with Gasteiger partial charge in [-0.25, -0.2) is 0 Å². The minimum absolute atomic E-state index is 0. The average molecular weight is 547 g/mol. The lowest BCUT2D eigenvalue weighted by atomic mass is 10.1. The molecule has 0 atom stereocenters. The van der Waals surface area contributed by atoms with Crippen molar-refractivity contribution in [2.24, 2.45) is 12.0 Å². The third-order valence-electron chi connectivity index (χ3n) is 5.14. The van der Waals surface area contributed by atoms with Crippen LogP contribution in [-0.2, 0) is 36.2 Å². The standard InChI is InChI=1S/C22H31ClN4O2.HI/c1-24-22(27(3)15-20-12-19(23)14-26(20)2)25-13-17-5-4-6-18(11-17)16-29-21-7-9-28-10-8-21;/h4-6,11-12,14,21H,7-10,13,15-16H2,1-3H3,(H,24,25);1H. The second-order valence-electron chi connectivity index (χ2n) is 7.46. The number of nitrogens with one attached hydrogen (secondary N) is 1. The number of benzene rings is 1. The highest BCUT2D eigenvalue weighted by Gasteiger charge is 2.14. The lowest BCUT2D eigenvalue weighted by molar-refractivity contribution is -0.0390. The summed E-state index contributed by atoms with van der Waals surface area (Å²) < 4.78 is 13.5. The lowest BCUT2D eigenvalue weighted by Crippen LogP contribution is -2.38. The second kappa shape index (κ2) is 12.5. The van der Waals surface area contributed by atoms with Crippen molar-refractivity contribution in [3.8, 4) is 0 Å². The molecule has 1 aliphatic heterocycles. The number of ether oxygens (including phenoxy) is 2. The molecule has 8 heteroatoms. The molecule has 1 aliphatic rings. The van der Waals surface area contributed by atoms with Crippen molar-refractivity contribution in [3.05, 3.63) is 58.4 Å². The number of aromatic nitrogens is 1. The van der Waals surface area contributed by atoms with Gasteiger partial charge in [-0.05, 0) is 30.0 Å². The molecule has 0 aliphatic carbocycles. The normalized spacial score (nSPS) is 15.0. The van der Waals surface area contributed by atoms with E-state index in [1.807, 2.05) is 30.9 Å². The maximum Gasteiger partial charge on any atom is 0.194 e. The largest absolute Gasteiger partial charge is 0.381 e. The number of hydrogen-bond donors (Lipinski definition) is 1. The van der Waals surface area contributed by atoms with E-state index in [1.165, 1.54) is 11.1 Å². The van der Waals surface area contributed by atoms with Crippen molar-refractivity contribution in [1.82, 2.24) is 14.8 Å². The van der Waals surface area contributed by atoms with Gasteiger partial charge in [0.1, 0.15) is 0 Å². The number of aliphatic imine (C=N–C) groups is 1. The summed E-state index contributed by atoms with van der Waals surface area (Å²) in [7, 11) is 5.82. The van der Waals surface area contributed by atoms with E-state index >= 15 is 0 Å². The van der Waals surface area contributed by atoms with Gasteiger partial charge in [0.25, 0.3) is 0 Å². The zero-order valence-electron chi connectivity index (χ0n) is 17.9. The number of rotatable bonds is 7. The Morgan fingerprint density at radius 2 is 2.03 bits per heavy atom. The molecule has 1 fully saturated rings. The predicted molar refractivity (Wildman–Crippen MR) is 133 cm³/mol. The van der Waals surface area contributed by atoms with Crippen molar-refractivity contribution in [2.75, 3.05) is 27.3 Å². The van der Waals surface area contributed by atoms with E-state index < -0.39 is 0 Å². The molecular weight excluding hydrogens is 515 g/mol. The van der Waals surface area contributed by atoms with E-state index in [0.717, 1.165) is 49.3 Å². The molecule has 2 aromatic rings. The lowest BCUT2D eigenvalue weighted by Gasteiger charge is -2.23. The molecule has 0 radical (unpaired) electrons. The Morgan fingerprint density at radius 1 is 1.30 bits per heavy atom. The summed E-state index contributed by atoms with van der Waals surface area (Å²) in [6, 6.07) is 10.5. The number of halogens is 2. The summed E-state index contributed by atoms with van der Waals surface area (Å²) in [4.78, 5) is 6.50. The molecule has 0 amide bonds. The molecule has 166 valence electrons. The minimum atomic E-state index is 0. The Balaban J connectivity index is 0.00000320. The molecule has 0 saturated carbocycles. The second-order valence-corrected chi connectivity index (χ2v) is 7.90. The summed E-state index contributed by atoms with van der Waals surface area (Å²) in [5.41, 5.74) is 3.53. The Labute approximate surface area is 201 Å². The van der Waals surface area contributed by atoms with Crippen LogP contribution in [-0.4, -0.2) is 48.8 Å². The van der Waals surface area contributed by atoms with Crippen LogP contribution in [0.25, 0.3) is 0 Å². The number of aryl methyl sites for hydroxylation is 1. The van der Waals surface area contributed by atoms with Crippen molar-refractivity contribution in [3.63, 3.8) is 0 Å². The van der Waals surface area contributed by atoms with Gasteiger partial charge in [0.05, 0.1) is 24.3 Å². The van der Waals surface area contributed by atoms with Crippen molar-refractivity contribution >= 4 is 41.5 Å². The Bertz CT molecular complexity index is 821. The van der Waals surface area contributed by atoms with Crippen molar-refractivity contribution in [1.29, 1.82) is 0 Å². The fourth-order valence-electron chi connectivity index (χ4n) is 3.49. The summed E-state index contributed by atoms with van der Waals surface area (Å²) in [5.74, 6) is 0.839. The van der Waals surface area contributed by atoms with Gasteiger partial charge in [0.15, 0.2) is 5.96 Å². The monoisotopic (exact) mass is 546 g/mol. The third-order valence-corrected chi connectivity index (χ3v) is 5.35. The molecule has 30 heavy (non-hydrogen) atoms. The van der Waals surface area contributed by atoms with Crippen LogP contribution in [0, 0.1) is 0 Å². The van der Waals surface area contributed by atoms with Gasteiger partial charge in [-0.2, -0.15) is 0 Å². The molecular formula is C22H32ClIN4O2. The first-order valence-electron chi connectivity index (χ1n) is 10.0. The van der Waals surface area contributed by atoms with Crippen LogP contribution in [0.2, 0.25) is 5.02 Å². The third kappa shape index (κ3) is 7.44. The molecule has 2 heterocycles. The Kier molecular flexibility index (Phi) is 10.4. The van der Waals surface area contributed by atoms with Gasteiger partial charge in [0, 0.05) is 52.8 Å². The molecule has 1 aromatic heterocycles. The summed E-state index contributed by atoms with van der Waals surface area (Å²) in [6.07, 6.45) is 4.19. The summed E-state index contributed by atoms with van der Waals surface area (Å²) in [6.45, 7) is 3.67. The number of guanidine groups is 1. The van der Waals surface area contributed by atoms with Crippen LogP contribution in [0.15, 0.2) is 41.5 Å². The van der Waals surface area contributed by atoms with Crippen LogP contribution >= 0.6 is 35.6 Å². The molecule has 1 aromatic carbocycles. The smallest absolute Gasteiger partial charge is 0.194 e. The van der Waals surface area contributed by atoms with Crippen LogP contribution in [0.4, 0.5) is 0 Å². The molecule has 1 N–H and O–H groups in total. The average Bonchev–Trinajstić information content (AvgIpc) is 3.04. The molecule has 0 bridgehead atoms. The van der Waals surface area contributed by atoms with Crippen molar-refractivity contribution in [2.45, 2.75) is 38.6 Å². The highest BCUT2D eigenvalue weighted by molar-refractivity contribution is 14.0. The first-order chi connectivity index (χ1) is 14.0. The fraction of sp³-hybridized carbons (Fsp3) is 0.500. The highest BCUT2D eigenvalue weighted by atomic mass is 127. The van der Waals surface area contributed by atoms with E-state index in [1.54, 1.807) is 7.05 Å². The quantitative estimate of drug-likeness (QED) is 0.321. The van der Waals surface area contributed by atoms with E-state index in [2.05, 4.69) is 39.5 Å². The molecule has 0 spiro atoms. The molecule has 6 nitrogen and oxygen atoms in total. The van der Waals surface area contributed by atoms with Crippen LogP contribution in [0.5, 0.6) is 0 Å². The zero-order chi connectivity index (χ0) is 20.6. The van der Waals surface area contributed by atoms with Crippen LogP contribution < -0.4 is 5.32 Å². The van der Waals surface area contributed by atoms with Crippen LogP contribution in [0.3, 0.4) is 0 Å². The molecule has 3 rings (SSSR count). The maximum atomic E-state index is 6.09. The highest BCUT2D eigenvalue weighted by Crippen LogP contribution is 2.15. The first-order valence-corrected chi connectivity index (χ1v) is 10.4. The topological polar surface area (TPSA) is 51.0 Å². The number of hydrogen-bond acceptors (Lipinski definition) is 3. The van der Waals surface area contributed by atoms with Crippen molar-refractivity contribution < 1.29 is 9.47 Å². The molecule has 1 saturated heterocycles. The summed E-state index contributed by atoms with van der Waals surface area (Å²) >= 11 is 6.09. The predicted octanol–water partition coefficient (Wildman–Crippen LogP) is 4.20. The van der Waals surface area contributed by atoms with E-state index in [9.17, 15) is 0 Å². The SMILES string of the molecule is CN=C(NCc1cccc(COC2CCOCC2)c1)N(C)Cc1cc(Cl)cn1C.I. The van der Waals surface area contributed by atoms with E-state index in [-0.39, 0.29) is 24.0 Å². The maximum absolute atomic E-state index is 6.09. The van der Waals surface area contributed by atoms with Gasteiger partial charge in [-0.15, -0.1) is 24.0 Å². The van der Waals surface area contributed by atoms with E-state index in [0.29, 0.717) is 19.3 Å².